The van der Waals surface area contributed by atoms with E-state index in [4.69, 9.17) is 14.7 Å². The van der Waals surface area contributed by atoms with Crippen LogP contribution in [0.4, 0.5) is 5.69 Å². The maximum Gasteiger partial charge on any atom is 0.248 e. The Morgan fingerprint density at radius 1 is 1.20 bits per heavy atom. The van der Waals surface area contributed by atoms with Gasteiger partial charge in [-0.25, -0.2) is 0 Å². The number of amides is 2. The van der Waals surface area contributed by atoms with Crippen LogP contribution in [0.5, 0.6) is 11.5 Å². The Morgan fingerprint density at radius 3 is 2.63 bits per heavy atom. The van der Waals surface area contributed by atoms with E-state index in [0.29, 0.717) is 39.9 Å². The minimum atomic E-state index is -0.574. The summed E-state index contributed by atoms with van der Waals surface area (Å²) < 4.78 is 10.5. The molecule has 2 amide bonds. The van der Waals surface area contributed by atoms with Crippen LogP contribution in [-0.4, -0.2) is 48.6 Å². The Labute approximate surface area is 179 Å². The fourth-order valence-corrected chi connectivity index (χ4v) is 4.12. The predicted octanol–water partition coefficient (Wildman–Crippen LogP) is 3.13. The number of thioether (sulfide) groups is 1. The molecule has 0 radical (unpaired) electrons. The van der Waals surface area contributed by atoms with Crippen molar-refractivity contribution in [2.24, 2.45) is 0 Å². The van der Waals surface area contributed by atoms with Crippen LogP contribution in [0.25, 0.3) is 6.08 Å². The van der Waals surface area contributed by atoms with Crippen molar-refractivity contribution in [3.05, 3.63) is 59.7 Å². The second-order valence-electron chi connectivity index (χ2n) is 6.44. The number of rotatable bonds is 6. The summed E-state index contributed by atoms with van der Waals surface area (Å²) in [7, 11) is 3.13. The molecule has 7 nitrogen and oxygen atoms in total. The first-order valence-corrected chi connectivity index (χ1v) is 10.3. The number of nitrogens with zero attached hydrogens (tertiary/aromatic N) is 2. The van der Waals surface area contributed by atoms with E-state index >= 15 is 0 Å². The van der Waals surface area contributed by atoms with Gasteiger partial charge in [0.05, 0.1) is 31.7 Å². The Balaban J connectivity index is 1.70. The van der Waals surface area contributed by atoms with Gasteiger partial charge in [-0.15, -0.1) is 11.8 Å². The lowest BCUT2D eigenvalue weighted by Gasteiger charge is -2.21. The highest BCUT2D eigenvalue weighted by atomic mass is 32.2. The van der Waals surface area contributed by atoms with Gasteiger partial charge in [-0.2, -0.15) is 5.26 Å². The minimum absolute atomic E-state index is 0.259. The molecule has 0 aliphatic carbocycles. The monoisotopic (exact) mass is 423 g/mol. The Kier molecular flexibility index (Phi) is 6.99. The number of carbonyl (C=O) groups is 2. The molecule has 30 heavy (non-hydrogen) atoms. The largest absolute Gasteiger partial charge is 0.497 e. The predicted molar refractivity (Wildman–Crippen MR) is 116 cm³/mol. The zero-order valence-corrected chi connectivity index (χ0v) is 17.4. The van der Waals surface area contributed by atoms with Gasteiger partial charge >= 0.3 is 0 Å². The van der Waals surface area contributed by atoms with Gasteiger partial charge in [0.15, 0.2) is 0 Å². The topological polar surface area (TPSA) is 91.7 Å². The Morgan fingerprint density at radius 2 is 1.97 bits per heavy atom. The minimum Gasteiger partial charge on any atom is -0.497 e. The number of hydrogen-bond donors (Lipinski definition) is 1. The lowest BCUT2D eigenvalue weighted by molar-refractivity contribution is -0.132. The molecule has 154 valence electrons. The van der Waals surface area contributed by atoms with E-state index in [1.807, 2.05) is 6.07 Å². The molecule has 1 heterocycles. The third-order valence-electron chi connectivity index (χ3n) is 4.59. The number of benzene rings is 2. The highest BCUT2D eigenvalue weighted by molar-refractivity contribution is 7.99. The van der Waals surface area contributed by atoms with Crippen LogP contribution in [0.1, 0.15) is 11.1 Å². The van der Waals surface area contributed by atoms with E-state index in [-0.39, 0.29) is 11.8 Å². The number of hydrogen-bond acceptors (Lipinski definition) is 6. The first kappa shape index (κ1) is 21.3. The second-order valence-corrected chi connectivity index (χ2v) is 7.44. The summed E-state index contributed by atoms with van der Waals surface area (Å²) in [5.74, 6) is 1.70. The fourth-order valence-electron chi connectivity index (χ4n) is 2.96. The summed E-state index contributed by atoms with van der Waals surface area (Å²) in [6.45, 7) is 0. The van der Waals surface area contributed by atoms with Crippen molar-refractivity contribution < 1.29 is 19.1 Å². The van der Waals surface area contributed by atoms with E-state index in [1.54, 1.807) is 62.8 Å². The summed E-state index contributed by atoms with van der Waals surface area (Å²) >= 11 is 1.52. The summed E-state index contributed by atoms with van der Waals surface area (Å²) in [5, 5.41) is 11.7. The molecule has 1 saturated heterocycles. The van der Waals surface area contributed by atoms with Gasteiger partial charge < -0.3 is 19.7 Å². The molecule has 1 aliphatic heterocycles. The zero-order chi connectivity index (χ0) is 21.5. The van der Waals surface area contributed by atoms with Crippen LogP contribution < -0.4 is 14.8 Å². The molecule has 0 saturated carbocycles. The number of ether oxygens (including phenoxy) is 2. The second kappa shape index (κ2) is 9.85. The molecular weight excluding hydrogens is 402 g/mol. The SMILES string of the molecule is COc1ccc(OC)c(/C=C/C(=O)N2CSCC2C(=O)Nc2ccc(C#N)cc2)c1. The Hall–Kier alpha value is -3.44. The van der Waals surface area contributed by atoms with Crippen molar-refractivity contribution >= 4 is 35.3 Å². The maximum atomic E-state index is 12.8. The molecule has 0 spiro atoms. The zero-order valence-electron chi connectivity index (χ0n) is 16.6. The van der Waals surface area contributed by atoms with Crippen LogP contribution >= 0.6 is 11.8 Å². The van der Waals surface area contributed by atoms with E-state index in [2.05, 4.69) is 5.32 Å². The number of nitriles is 1. The maximum absolute atomic E-state index is 12.8. The summed E-state index contributed by atoms with van der Waals surface area (Å²) in [5.41, 5.74) is 1.80. The molecule has 3 rings (SSSR count). The molecule has 1 N–H and O–H groups in total. The first-order chi connectivity index (χ1) is 14.5. The lowest BCUT2D eigenvalue weighted by atomic mass is 10.1. The molecule has 8 heteroatoms. The molecule has 1 aliphatic rings. The molecule has 2 aromatic rings. The number of carbonyl (C=O) groups excluding carboxylic acids is 2. The molecule has 1 atom stereocenters. The third kappa shape index (κ3) is 4.93. The van der Waals surface area contributed by atoms with Crippen LogP contribution in [0.3, 0.4) is 0 Å². The molecule has 2 aromatic carbocycles. The van der Waals surface area contributed by atoms with Gasteiger partial charge in [-0.1, -0.05) is 0 Å². The van der Waals surface area contributed by atoms with Gasteiger partial charge in [0.1, 0.15) is 17.5 Å². The number of anilines is 1. The quantitative estimate of drug-likeness (QED) is 0.718. The fraction of sp³-hybridized carbons (Fsp3) is 0.227. The molecule has 0 bridgehead atoms. The van der Waals surface area contributed by atoms with Crippen molar-refractivity contribution in [3.63, 3.8) is 0 Å². The van der Waals surface area contributed by atoms with Crippen LogP contribution in [0.15, 0.2) is 48.5 Å². The summed E-state index contributed by atoms with van der Waals surface area (Å²) in [6.07, 6.45) is 3.09. The van der Waals surface area contributed by atoms with Crippen LogP contribution in [0.2, 0.25) is 0 Å². The average molecular weight is 423 g/mol. The van der Waals surface area contributed by atoms with Gasteiger partial charge in [0, 0.05) is 23.1 Å². The molecule has 1 unspecified atom stereocenters. The number of nitrogens with one attached hydrogen (secondary N) is 1. The van der Waals surface area contributed by atoms with Crippen molar-refractivity contribution in [2.45, 2.75) is 6.04 Å². The summed E-state index contributed by atoms with van der Waals surface area (Å²) in [4.78, 5) is 27.0. The smallest absolute Gasteiger partial charge is 0.248 e. The van der Waals surface area contributed by atoms with Crippen LogP contribution in [-0.2, 0) is 9.59 Å². The van der Waals surface area contributed by atoms with Gasteiger partial charge in [0.25, 0.3) is 0 Å². The normalized spacial score (nSPS) is 15.6. The van der Waals surface area contributed by atoms with Crippen molar-refractivity contribution in [1.82, 2.24) is 4.90 Å². The highest BCUT2D eigenvalue weighted by Crippen LogP contribution is 2.26. The van der Waals surface area contributed by atoms with E-state index in [9.17, 15) is 9.59 Å². The van der Waals surface area contributed by atoms with Gasteiger partial charge in [-0.3, -0.25) is 9.59 Å². The third-order valence-corrected chi connectivity index (χ3v) is 5.60. The van der Waals surface area contributed by atoms with E-state index in [1.165, 1.54) is 22.7 Å². The molecular formula is C22H21N3O4S. The van der Waals surface area contributed by atoms with Crippen molar-refractivity contribution in [2.75, 3.05) is 31.2 Å². The first-order valence-electron chi connectivity index (χ1n) is 9.15. The van der Waals surface area contributed by atoms with E-state index < -0.39 is 6.04 Å². The lowest BCUT2D eigenvalue weighted by Crippen LogP contribution is -2.43. The molecule has 0 aromatic heterocycles. The van der Waals surface area contributed by atoms with Gasteiger partial charge in [0.2, 0.25) is 11.8 Å². The van der Waals surface area contributed by atoms with Crippen LogP contribution in [0, 0.1) is 11.3 Å². The van der Waals surface area contributed by atoms with Crippen molar-refractivity contribution in [1.29, 1.82) is 5.26 Å². The van der Waals surface area contributed by atoms with Crippen molar-refractivity contribution in [3.8, 4) is 17.6 Å². The molecule has 1 fully saturated rings. The average Bonchev–Trinajstić information content (AvgIpc) is 3.28. The van der Waals surface area contributed by atoms with Gasteiger partial charge in [-0.05, 0) is 48.5 Å². The standard InChI is InChI=1S/C22H21N3O4S/c1-28-18-8-9-20(29-2)16(11-18)5-10-21(26)25-14-30-13-19(25)22(27)24-17-6-3-15(12-23)4-7-17/h3-11,19H,13-14H2,1-2H3,(H,24,27)/b10-5+. The summed E-state index contributed by atoms with van der Waals surface area (Å²) in [6, 6.07) is 13.4. The Bertz CT molecular complexity index is 998. The van der Waals surface area contributed by atoms with E-state index in [0.717, 1.165) is 0 Å². The highest BCUT2D eigenvalue weighted by Gasteiger charge is 2.33. The number of methoxy groups -OCH3 is 2.